The van der Waals surface area contributed by atoms with Crippen LogP contribution in [0.2, 0.25) is 0 Å². The summed E-state index contributed by atoms with van der Waals surface area (Å²) in [6, 6.07) is 2.57. The third kappa shape index (κ3) is 5.25. The molecule has 0 bridgehead atoms. The number of benzene rings is 1. The molecule has 1 aromatic carbocycles. The van der Waals surface area contributed by atoms with Crippen LogP contribution in [0.25, 0.3) is 0 Å². The van der Waals surface area contributed by atoms with Crippen molar-refractivity contribution in [2.75, 3.05) is 19.8 Å². The van der Waals surface area contributed by atoms with Gasteiger partial charge in [0.2, 0.25) is 10.0 Å². The molecule has 2 N–H and O–H groups in total. The average molecular weight is 317 g/mol. The van der Waals surface area contributed by atoms with E-state index in [2.05, 4.69) is 11.3 Å². The van der Waals surface area contributed by atoms with Crippen LogP contribution in [0.1, 0.15) is 17.3 Å². The van der Waals surface area contributed by atoms with Crippen molar-refractivity contribution in [3.63, 3.8) is 0 Å². The topological polar surface area (TPSA) is 92.7 Å². The lowest BCUT2D eigenvalue weighted by Crippen LogP contribution is -2.28. The molecule has 0 fully saturated rings. The number of carboxylic acids is 1. The lowest BCUT2D eigenvalue weighted by molar-refractivity contribution is 0.0691. The molecule has 0 saturated carbocycles. The highest BCUT2D eigenvalue weighted by molar-refractivity contribution is 7.89. The lowest BCUT2D eigenvalue weighted by atomic mass is 10.2. The molecule has 1 aromatic rings. The van der Waals surface area contributed by atoms with Crippen molar-refractivity contribution in [3.8, 4) is 0 Å². The number of hydrogen-bond donors (Lipinski definition) is 2. The second kappa shape index (κ2) is 7.30. The van der Waals surface area contributed by atoms with Gasteiger partial charge in [0.15, 0.2) is 0 Å². The van der Waals surface area contributed by atoms with Gasteiger partial charge >= 0.3 is 5.97 Å². The van der Waals surface area contributed by atoms with E-state index in [1.54, 1.807) is 6.92 Å². The van der Waals surface area contributed by atoms with Gasteiger partial charge in [-0.05, 0) is 25.1 Å². The molecule has 0 heterocycles. The molecule has 21 heavy (non-hydrogen) atoms. The van der Waals surface area contributed by atoms with Crippen molar-refractivity contribution in [3.05, 3.63) is 41.7 Å². The monoisotopic (exact) mass is 317 g/mol. The van der Waals surface area contributed by atoms with Gasteiger partial charge in [-0.25, -0.2) is 22.3 Å². The Morgan fingerprint density at radius 1 is 1.48 bits per heavy atom. The number of rotatable bonds is 8. The van der Waals surface area contributed by atoms with Gasteiger partial charge < -0.3 is 9.84 Å². The maximum Gasteiger partial charge on any atom is 0.338 e. The quantitative estimate of drug-likeness (QED) is 0.558. The minimum atomic E-state index is -3.92. The molecule has 6 nitrogen and oxygen atoms in total. The highest BCUT2D eigenvalue weighted by Crippen LogP contribution is 2.15. The number of halogens is 1. The molecule has 0 unspecified atom stereocenters. The molecule has 0 aliphatic heterocycles. The van der Waals surface area contributed by atoms with E-state index in [0.29, 0.717) is 6.61 Å². The average Bonchev–Trinajstić information content (AvgIpc) is 2.37. The van der Waals surface area contributed by atoms with Crippen molar-refractivity contribution < 1.29 is 27.4 Å². The minimum absolute atomic E-state index is 0.00932. The first-order chi connectivity index (χ1) is 9.74. The minimum Gasteiger partial charge on any atom is -0.478 e. The summed E-state index contributed by atoms with van der Waals surface area (Å²) in [6.07, 6.45) is 0. The molecule has 1 rings (SSSR count). The Morgan fingerprint density at radius 2 is 2.14 bits per heavy atom. The molecule has 0 aliphatic carbocycles. The first-order valence-corrected chi connectivity index (χ1v) is 7.47. The summed E-state index contributed by atoms with van der Waals surface area (Å²) in [6.45, 7) is 5.87. The molecule has 0 amide bonds. The fourth-order valence-corrected chi connectivity index (χ4v) is 2.45. The van der Waals surface area contributed by atoms with Crippen LogP contribution in [0.5, 0.6) is 0 Å². The number of sulfonamides is 1. The Bertz CT molecular complexity index is 642. The van der Waals surface area contributed by atoms with Crippen LogP contribution in [-0.4, -0.2) is 39.3 Å². The van der Waals surface area contributed by atoms with E-state index < -0.39 is 27.4 Å². The number of ether oxygens (including phenoxy) is 1. The molecule has 0 radical (unpaired) electrons. The van der Waals surface area contributed by atoms with Gasteiger partial charge in [0.05, 0.1) is 23.7 Å². The van der Waals surface area contributed by atoms with Crippen molar-refractivity contribution in [2.45, 2.75) is 11.8 Å². The van der Waals surface area contributed by atoms with E-state index >= 15 is 0 Å². The van der Waals surface area contributed by atoms with Crippen LogP contribution >= 0.6 is 0 Å². The second-order valence-corrected chi connectivity index (χ2v) is 6.12. The first kappa shape index (κ1) is 17.3. The van der Waals surface area contributed by atoms with Crippen LogP contribution in [-0.2, 0) is 14.8 Å². The maximum atomic E-state index is 13.2. The maximum absolute atomic E-state index is 13.2. The molecule has 8 heteroatoms. The lowest BCUT2D eigenvalue weighted by Gasteiger charge is -2.08. The van der Waals surface area contributed by atoms with E-state index in [1.165, 1.54) is 0 Å². The number of nitrogens with one attached hydrogen (secondary N) is 1. The summed E-state index contributed by atoms with van der Waals surface area (Å²) < 4.78 is 44.4. The summed E-state index contributed by atoms with van der Waals surface area (Å²) in [5, 5.41) is 8.77. The van der Waals surface area contributed by atoms with Crippen molar-refractivity contribution in [1.82, 2.24) is 4.72 Å². The van der Waals surface area contributed by atoms with Gasteiger partial charge in [-0.2, -0.15) is 0 Å². The highest BCUT2D eigenvalue weighted by atomic mass is 32.2. The summed E-state index contributed by atoms with van der Waals surface area (Å²) in [7, 11) is -3.92. The second-order valence-electron chi connectivity index (χ2n) is 4.35. The van der Waals surface area contributed by atoms with Crippen LogP contribution in [0, 0.1) is 5.82 Å². The molecule has 0 atom stereocenters. The number of carbonyl (C=O) groups is 1. The molecule has 116 valence electrons. The zero-order valence-electron chi connectivity index (χ0n) is 11.4. The normalized spacial score (nSPS) is 11.3. The van der Waals surface area contributed by atoms with Gasteiger partial charge in [-0.3, -0.25) is 0 Å². The van der Waals surface area contributed by atoms with E-state index in [9.17, 15) is 17.6 Å². The van der Waals surface area contributed by atoms with E-state index in [1.807, 2.05) is 0 Å². The molecule has 0 spiro atoms. The third-order valence-corrected chi connectivity index (χ3v) is 3.82. The summed E-state index contributed by atoms with van der Waals surface area (Å²) >= 11 is 0. The number of hydrogen-bond acceptors (Lipinski definition) is 4. The number of carboxylic acid groups (broad SMARTS) is 1. The SMILES string of the molecule is C=C(C)COCCNS(=O)(=O)c1ccc(F)c(C(=O)O)c1. The molecule has 0 aromatic heterocycles. The van der Waals surface area contributed by atoms with Gasteiger partial charge in [-0.1, -0.05) is 12.2 Å². The molecular weight excluding hydrogens is 301 g/mol. The molecule has 0 aliphatic rings. The summed E-state index contributed by atoms with van der Waals surface area (Å²) in [4.78, 5) is 10.5. The van der Waals surface area contributed by atoms with Gasteiger partial charge in [0.1, 0.15) is 5.82 Å². The van der Waals surface area contributed by atoms with Crippen molar-refractivity contribution in [2.24, 2.45) is 0 Å². The van der Waals surface area contributed by atoms with E-state index in [-0.39, 0.29) is 18.0 Å². The Labute approximate surface area is 122 Å². The summed E-state index contributed by atoms with van der Waals surface area (Å²) in [5.74, 6) is -2.53. The predicted octanol–water partition coefficient (Wildman–Crippen LogP) is 1.39. The van der Waals surface area contributed by atoms with Gasteiger partial charge in [-0.15, -0.1) is 0 Å². The smallest absolute Gasteiger partial charge is 0.338 e. The predicted molar refractivity (Wildman–Crippen MR) is 74.2 cm³/mol. The Morgan fingerprint density at radius 3 is 2.71 bits per heavy atom. The number of aromatic carboxylic acids is 1. The van der Waals surface area contributed by atoms with Crippen LogP contribution in [0.4, 0.5) is 4.39 Å². The zero-order valence-corrected chi connectivity index (χ0v) is 12.2. The van der Waals surface area contributed by atoms with Crippen LogP contribution in [0.15, 0.2) is 35.2 Å². The Kier molecular flexibility index (Phi) is 6.01. The first-order valence-electron chi connectivity index (χ1n) is 5.98. The van der Waals surface area contributed by atoms with E-state index in [4.69, 9.17) is 9.84 Å². The van der Waals surface area contributed by atoms with Crippen LogP contribution in [0.3, 0.4) is 0 Å². The summed E-state index contributed by atoms with van der Waals surface area (Å²) in [5.41, 5.74) is 0.110. The van der Waals surface area contributed by atoms with E-state index in [0.717, 1.165) is 23.8 Å². The fraction of sp³-hybridized carbons (Fsp3) is 0.308. The Hall–Kier alpha value is -1.77. The van der Waals surface area contributed by atoms with Gasteiger partial charge in [0, 0.05) is 6.54 Å². The van der Waals surface area contributed by atoms with Crippen molar-refractivity contribution in [1.29, 1.82) is 0 Å². The van der Waals surface area contributed by atoms with Crippen molar-refractivity contribution >= 4 is 16.0 Å². The third-order valence-electron chi connectivity index (χ3n) is 2.37. The highest BCUT2D eigenvalue weighted by Gasteiger charge is 2.18. The van der Waals surface area contributed by atoms with Crippen LogP contribution < -0.4 is 4.72 Å². The largest absolute Gasteiger partial charge is 0.478 e. The zero-order chi connectivity index (χ0) is 16.0. The standard InChI is InChI=1S/C13H16FNO5S/c1-9(2)8-20-6-5-15-21(18,19)10-3-4-12(14)11(7-10)13(16)17/h3-4,7,15H,1,5-6,8H2,2H3,(H,16,17). The van der Waals surface area contributed by atoms with Gasteiger partial charge in [0.25, 0.3) is 0 Å². The molecular formula is C13H16FNO5S. The molecule has 0 saturated heterocycles. The fourth-order valence-electron chi connectivity index (χ4n) is 1.41. The Balaban J connectivity index is 2.72.